The molecule has 0 radical (unpaired) electrons. The van der Waals surface area contributed by atoms with Gasteiger partial charge in [-0.15, -0.1) is 0 Å². The fourth-order valence-electron chi connectivity index (χ4n) is 0.920. The lowest BCUT2D eigenvalue weighted by atomic mass is 10.2. The topological polar surface area (TPSA) is 108 Å². The van der Waals surface area contributed by atoms with E-state index < -0.39 is 10.9 Å². The van der Waals surface area contributed by atoms with E-state index in [1.165, 1.54) is 31.2 Å². The second-order valence-electron chi connectivity index (χ2n) is 2.86. The molecule has 1 rings (SSSR count). The van der Waals surface area contributed by atoms with Crippen molar-refractivity contribution >= 4 is 17.5 Å². The molecule has 1 aromatic carbocycles. The summed E-state index contributed by atoms with van der Waals surface area (Å²) in [6.45, 7) is 1.19. The third kappa shape index (κ3) is 3.05. The predicted octanol–water partition coefficient (Wildman–Crippen LogP) is 0.778. The van der Waals surface area contributed by atoms with Gasteiger partial charge in [0.2, 0.25) is 0 Å². The third-order valence-electron chi connectivity index (χ3n) is 1.65. The summed E-state index contributed by atoms with van der Waals surface area (Å²) in [6, 6.07) is 5.40. The standard InChI is InChI=1S/C9H9N3O4/c1-6(13)16-11-9(10)7-2-4-8(5-3-7)12(14)15/h2-5H,1H3,(H2,10,11). The number of amidine groups is 1. The van der Waals surface area contributed by atoms with Crippen LogP contribution in [-0.2, 0) is 9.63 Å². The van der Waals surface area contributed by atoms with Gasteiger partial charge in [0.1, 0.15) is 0 Å². The first-order valence-corrected chi connectivity index (χ1v) is 4.26. The Morgan fingerprint density at radius 2 is 2.00 bits per heavy atom. The van der Waals surface area contributed by atoms with Gasteiger partial charge in [0.05, 0.1) is 4.92 Å². The summed E-state index contributed by atoms with van der Waals surface area (Å²) in [5.74, 6) is -0.616. The van der Waals surface area contributed by atoms with E-state index in [2.05, 4.69) is 9.99 Å². The maximum Gasteiger partial charge on any atom is 0.332 e. The fourth-order valence-corrected chi connectivity index (χ4v) is 0.920. The Morgan fingerprint density at radius 1 is 1.44 bits per heavy atom. The number of benzene rings is 1. The average Bonchev–Trinajstić information content (AvgIpc) is 2.26. The van der Waals surface area contributed by atoms with Gasteiger partial charge < -0.3 is 10.6 Å². The minimum absolute atomic E-state index is 0.0231. The van der Waals surface area contributed by atoms with Gasteiger partial charge in [0, 0.05) is 24.6 Å². The molecule has 1 aromatic rings. The van der Waals surface area contributed by atoms with E-state index >= 15 is 0 Å². The molecule has 0 bridgehead atoms. The molecule has 0 fully saturated rings. The van der Waals surface area contributed by atoms with E-state index in [0.29, 0.717) is 5.56 Å². The Labute approximate surface area is 90.6 Å². The van der Waals surface area contributed by atoms with Gasteiger partial charge in [-0.25, -0.2) is 4.79 Å². The Hall–Kier alpha value is -2.44. The Balaban J connectivity index is 2.85. The number of nitro benzene ring substituents is 1. The number of hydrogen-bond acceptors (Lipinski definition) is 5. The molecule has 84 valence electrons. The van der Waals surface area contributed by atoms with Crippen LogP contribution in [0.3, 0.4) is 0 Å². The summed E-state index contributed by atoms with van der Waals surface area (Å²) >= 11 is 0. The van der Waals surface area contributed by atoms with Gasteiger partial charge in [-0.2, -0.15) is 0 Å². The zero-order valence-electron chi connectivity index (χ0n) is 8.41. The molecule has 0 saturated heterocycles. The summed E-state index contributed by atoms with van der Waals surface area (Å²) in [6.07, 6.45) is 0. The first kappa shape index (κ1) is 11.6. The van der Waals surface area contributed by atoms with E-state index in [0.717, 1.165) is 0 Å². The molecule has 0 saturated carbocycles. The number of nitrogens with zero attached hydrogens (tertiary/aromatic N) is 2. The molecular weight excluding hydrogens is 214 g/mol. The number of oxime groups is 1. The van der Waals surface area contributed by atoms with Gasteiger partial charge in [0.25, 0.3) is 5.69 Å². The molecule has 2 N–H and O–H groups in total. The highest BCUT2D eigenvalue weighted by Crippen LogP contribution is 2.11. The largest absolute Gasteiger partial charge is 0.380 e. The highest BCUT2D eigenvalue weighted by Gasteiger charge is 2.06. The van der Waals surface area contributed by atoms with Crippen molar-refractivity contribution in [3.63, 3.8) is 0 Å². The average molecular weight is 223 g/mol. The zero-order chi connectivity index (χ0) is 12.1. The highest BCUT2D eigenvalue weighted by atomic mass is 16.7. The second-order valence-corrected chi connectivity index (χ2v) is 2.86. The summed E-state index contributed by atoms with van der Waals surface area (Å²) in [5, 5.41) is 13.7. The highest BCUT2D eigenvalue weighted by molar-refractivity contribution is 5.97. The van der Waals surface area contributed by atoms with Crippen molar-refractivity contribution in [2.75, 3.05) is 0 Å². The molecule has 0 aliphatic rings. The van der Waals surface area contributed by atoms with Gasteiger partial charge in [-0.3, -0.25) is 10.1 Å². The molecule has 0 unspecified atom stereocenters. The van der Waals surface area contributed by atoms with Gasteiger partial charge in [-0.1, -0.05) is 5.16 Å². The summed E-state index contributed by atoms with van der Waals surface area (Å²) < 4.78 is 0. The molecule has 0 heterocycles. The van der Waals surface area contributed by atoms with E-state index in [1.807, 2.05) is 0 Å². The molecule has 7 nitrogen and oxygen atoms in total. The number of rotatable bonds is 3. The Bertz CT molecular complexity index is 439. The van der Waals surface area contributed by atoms with Crippen molar-refractivity contribution < 1.29 is 14.6 Å². The molecular formula is C9H9N3O4. The molecule has 0 aliphatic heterocycles. The van der Waals surface area contributed by atoms with Crippen LogP contribution >= 0.6 is 0 Å². The molecule has 7 heteroatoms. The first-order valence-electron chi connectivity index (χ1n) is 4.26. The smallest absolute Gasteiger partial charge is 0.332 e. The summed E-state index contributed by atoms with van der Waals surface area (Å²) in [4.78, 5) is 24.6. The minimum atomic E-state index is -0.593. The number of nitrogens with two attached hydrogens (primary N) is 1. The third-order valence-corrected chi connectivity index (χ3v) is 1.65. The van der Waals surface area contributed by atoms with Crippen molar-refractivity contribution in [1.82, 2.24) is 0 Å². The quantitative estimate of drug-likeness (QED) is 0.268. The lowest BCUT2D eigenvalue weighted by Gasteiger charge is -1.99. The van der Waals surface area contributed by atoms with E-state index in [1.54, 1.807) is 0 Å². The monoisotopic (exact) mass is 223 g/mol. The lowest BCUT2D eigenvalue weighted by molar-refractivity contribution is -0.384. The van der Waals surface area contributed by atoms with Crippen LogP contribution in [0.15, 0.2) is 29.4 Å². The molecule has 0 aliphatic carbocycles. The van der Waals surface area contributed by atoms with Crippen LogP contribution in [0, 0.1) is 10.1 Å². The number of carbonyl (C=O) groups excluding carboxylic acids is 1. The van der Waals surface area contributed by atoms with Gasteiger partial charge >= 0.3 is 5.97 Å². The SMILES string of the molecule is CC(=O)O/N=C(\N)c1ccc([N+](=O)[O-])cc1. The lowest BCUT2D eigenvalue weighted by Crippen LogP contribution is -2.14. The number of non-ortho nitro benzene ring substituents is 1. The maximum atomic E-state index is 10.4. The Morgan fingerprint density at radius 3 is 2.44 bits per heavy atom. The van der Waals surface area contributed by atoms with Crippen molar-refractivity contribution in [2.45, 2.75) is 6.92 Å². The normalized spacial score (nSPS) is 10.9. The second kappa shape index (κ2) is 4.87. The van der Waals surface area contributed by atoms with Gasteiger partial charge in [0.15, 0.2) is 5.84 Å². The number of nitro groups is 1. The van der Waals surface area contributed by atoms with Crippen molar-refractivity contribution in [3.05, 3.63) is 39.9 Å². The van der Waals surface area contributed by atoms with Crippen LogP contribution in [0.2, 0.25) is 0 Å². The molecule has 0 amide bonds. The van der Waals surface area contributed by atoms with E-state index in [4.69, 9.17) is 5.73 Å². The number of hydrogen-bond donors (Lipinski definition) is 1. The van der Waals surface area contributed by atoms with Crippen molar-refractivity contribution in [1.29, 1.82) is 0 Å². The van der Waals surface area contributed by atoms with Crippen LogP contribution in [0.4, 0.5) is 5.69 Å². The van der Waals surface area contributed by atoms with E-state index in [-0.39, 0.29) is 11.5 Å². The Kier molecular flexibility index (Phi) is 3.54. The molecule has 16 heavy (non-hydrogen) atoms. The van der Waals surface area contributed by atoms with Crippen LogP contribution < -0.4 is 5.73 Å². The zero-order valence-corrected chi connectivity index (χ0v) is 8.41. The van der Waals surface area contributed by atoms with Crippen molar-refractivity contribution in [3.8, 4) is 0 Å². The minimum Gasteiger partial charge on any atom is -0.380 e. The summed E-state index contributed by atoms with van der Waals surface area (Å²) in [7, 11) is 0. The van der Waals surface area contributed by atoms with Gasteiger partial charge in [-0.05, 0) is 12.1 Å². The molecule has 0 spiro atoms. The number of carbonyl (C=O) groups is 1. The summed E-state index contributed by atoms with van der Waals surface area (Å²) in [5.41, 5.74) is 5.86. The maximum absolute atomic E-state index is 10.4. The molecule has 0 atom stereocenters. The van der Waals surface area contributed by atoms with E-state index in [9.17, 15) is 14.9 Å². The van der Waals surface area contributed by atoms with Crippen LogP contribution in [-0.4, -0.2) is 16.7 Å². The van der Waals surface area contributed by atoms with Crippen molar-refractivity contribution in [2.24, 2.45) is 10.9 Å². The molecule has 0 aromatic heterocycles. The van der Waals surface area contributed by atoms with Crippen LogP contribution in [0.1, 0.15) is 12.5 Å². The first-order chi connectivity index (χ1) is 7.50. The van der Waals surface area contributed by atoms with Crippen LogP contribution in [0.5, 0.6) is 0 Å². The predicted molar refractivity (Wildman–Crippen MR) is 55.6 cm³/mol. The fraction of sp³-hybridized carbons (Fsp3) is 0.111. The van der Waals surface area contributed by atoms with Crippen LogP contribution in [0.25, 0.3) is 0 Å².